The number of nitrogens with zero attached hydrogens (tertiary/aromatic N) is 1. The molecule has 0 radical (unpaired) electrons. The van der Waals surface area contributed by atoms with Crippen molar-refractivity contribution in [1.29, 1.82) is 5.26 Å². The van der Waals surface area contributed by atoms with Crippen LogP contribution >= 0.6 is 11.8 Å². The van der Waals surface area contributed by atoms with Crippen LogP contribution in [0.2, 0.25) is 0 Å². The van der Waals surface area contributed by atoms with Crippen LogP contribution < -0.4 is 5.32 Å². The zero-order chi connectivity index (χ0) is 10.7. The van der Waals surface area contributed by atoms with Crippen molar-refractivity contribution in [1.82, 2.24) is 5.32 Å². The Kier molecular flexibility index (Phi) is 3.90. The molecule has 0 aromatic carbocycles. The summed E-state index contributed by atoms with van der Waals surface area (Å²) in [5.41, 5.74) is 0. The van der Waals surface area contributed by atoms with Gasteiger partial charge in [-0.1, -0.05) is 0 Å². The highest BCUT2D eigenvalue weighted by Gasteiger charge is 2.28. The lowest BCUT2D eigenvalue weighted by molar-refractivity contribution is 0.127. The number of hydrogen-bond donors (Lipinski definition) is 1. The summed E-state index contributed by atoms with van der Waals surface area (Å²) in [5, 5.41) is 12.9. The third-order valence-corrected chi connectivity index (χ3v) is 4.53. The summed E-state index contributed by atoms with van der Waals surface area (Å²) in [4.78, 5) is 0. The molecule has 1 saturated heterocycles. The number of thioether (sulfide) groups is 1. The summed E-state index contributed by atoms with van der Waals surface area (Å²) in [5.74, 6) is 0.894. The van der Waals surface area contributed by atoms with Crippen molar-refractivity contribution in [2.75, 3.05) is 12.4 Å². The van der Waals surface area contributed by atoms with E-state index in [-0.39, 0.29) is 6.04 Å². The summed E-state index contributed by atoms with van der Waals surface area (Å²) in [6, 6.07) is 2.98. The summed E-state index contributed by atoms with van der Waals surface area (Å²) < 4.78 is 5.50. The van der Waals surface area contributed by atoms with Crippen LogP contribution in [-0.4, -0.2) is 35.8 Å². The number of hydrogen-bond acceptors (Lipinski definition) is 4. The van der Waals surface area contributed by atoms with Crippen LogP contribution in [0.15, 0.2) is 0 Å². The summed E-state index contributed by atoms with van der Waals surface area (Å²) in [6.07, 6.45) is 3.97. The fourth-order valence-electron chi connectivity index (χ4n) is 1.81. The lowest BCUT2D eigenvalue weighted by Crippen LogP contribution is -2.32. The molecule has 1 saturated carbocycles. The Bertz CT molecular complexity index is 249. The first-order chi connectivity index (χ1) is 7.29. The van der Waals surface area contributed by atoms with Crippen LogP contribution in [0.4, 0.5) is 0 Å². The summed E-state index contributed by atoms with van der Waals surface area (Å²) in [6.45, 7) is 3.01. The van der Waals surface area contributed by atoms with Crippen molar-refractivity contribution in [2.45, 2.75) is 49.6 Å². The number of nitriles is 1. The molecule has 15 heavy (non-hydrogen) atoms. The third-order valence-electron chi connectivity index (χ3n) is 2.95. The van der Waals surface area contributed by atoms with Gasteiger partial charge >= 0.3 is 0 Å². The van der Waals surface area contributed by atoms with Gasteiger partial charge in [0.15, 0.2) is 0 Å². The maximum atomic E-state index is 8.99. The fourth-order valence-corrected chi connectivity index (χ4v) is 3.03. The SMILES string of the molecule is CC1OCCC1SCC(C#N)NC1CC1. The van der Waals surface area contributed by atoms with Crippen LogP contribution in [0.5, 0.6) is 0 Å². The van der Waals surface area contributed by atoms with Gasteiger partial charge in [-0.15, -0.1) is 0 Å². The van der Waals surface area contributed by atoms with Crippen LogP contribution in [-0.2, 0) is 4.74 Å². The van der Waals surface area contributed by atoms with E-state index in [1.54, 1.807) is 0 Å². The molecule has 1 heterocycles. The predicted molar refractivity (Wildman–Crippen MR) is 61.8 cm³/mol. The van der Waals surface area contributed by atoms with E-state index >= 15 is 0 Å². The topological polar surface area (TPSA) is 45.0 Å². The minimum atomic E-state index is 0.0234. The molecule has 2 aliphatic rings. The normalized spacial score (nSPS) is 32.5. The molecule has 2 fully saturated rings. The van der Waals surface area contributed by atoms with E-state index in [2.05, 4.69) is 18.3 Å². The molecule has 0 aromatic rings. The van der Waals surface area contributed by atoms with Gasteiger partial charge in [-0.25, -0.2) is 0 Å². The molecule has 1 aliphatic carbocycles. The molecule has 3 unspecified atom stereocenters. The quantitative estimate of drug-likeness (QED) is 0.772. The first kappa shape index (κ1) is 11.3. The van der Waals surface area contributed by atoms with Gasteiger partial charge in [0.1, 0.15) is 6.04 Å². The lowest BCUT2D eigenvalue weighted by atomic mass is 10.3. The van der Waals surface area contributed by atoms with E-state index in [1.807, 2.05) is 11.8 Å². The smallest absolute Gasteiger partial charge is 0.105 e. The minimum Gasteiger partial charge on any atom is -0.377 e. The van der Waals surface area contributed by atoms with Gasteiger partial charge < -0.3 is 4.74 Å². The molecule has 0 spiro atoms. The second kappa shape index (κ2) is 5.20. The predicted octanol–water partition coefficient (Wildman–Crippen LogP) is 1.54. The van der Waals surface area contributed by atoms with Gasteiger partial charge in [0.2, 0.25) is 0 Å². The second-order valence-electron chi connectivity index (χ2n) is 4.36. The largest absolute Gasteiger partial charge is 0.377 e. The Labute approximate surface area is 95.6 Å². The molecule has 1 aliphatic heterocycles. The molecule has 3 nitrogen and oxygen atoms in total. The number of rotatable bonds is 5. The van der Waals surface area contributed by atoms with E-state index in [0.29, 0.717) is 17.4 Å². The molecule has 4 heteroatoms. The highest BCUT2D eigenvalue weighted by atomic mass is 32.2. The summed E-state index contributed by atoms with van der Waals surface area (Å²) in [7, 11) is 0. The van der Waals surface area contributed by atoms with Crippen molar-refractivity contribution in [3.8, 4) is 6.07 Å². The molecular formula is C11H18N2OS. The first-order valence-corrected chi connectivity index (χ1v) is 6.73. The van der Waals surface area contributed by atoms with Gasteiger partial charge in [-0.2, -0.15) is 17.0 Å². The lowest BCUT2D eigenvalue weighted by Gasteiger charge is -2.16. The van der Waals surface area contributed by atoms with Gasteiger partial charge in [0.25, 0.3) is 0 Å². The van der Waals surface area contributed by atoms with Crippen molar-refractivity contribution >= 4 is 11.8 Å². The molecule has 0 amide bonds. The second-order valence-corrected chi connectivity index (χ2v) is 5.63. The van der Waals surface area contributed by atoms with E-state index in [0.717, 1.165) is 18.8 Å². The zero-order valence-corrected chi connectivity index (χ0v) is 9.93. The van der Waals surface area contributed by atoms with Crippen molar-refractivity contribution < 1.29 is 4.74 Å². The van der Waals surface area contributed by atoms with E-state index in [4.69, 9.17) is 10.00 Å². The first-order valence-electron chi connectivity index (χ1n) is 5.68. The average molecular weight is 226 g/mol. The maximum Gasteiger partial charge on any atom is 0.105 e. The van der Waals surface area contributed by atoms with E-state index < -0.39 is 0 Å². The molecule has 2 rings (SSSR count). The highest BCUT2D eigenvalue weighted by Crippen LogP contribution is 2.27. The van der Waals surface area contributed by atoms with Gasteiger partial charge in [0, 0.05) is 23.7 Å². The number of nitrogens with one attached hydrogen (secondary N) is 1. The Hall–Kier alpha value is -0.240. The average Bonchev–Trinajstić information content (AvgIpc) is 2.96. The highest BCUT2D eigenvalue weighted by molar-refractivity contribution is 8.00. The molecule has 0 bridgehead atoms. The molecule has 0 aromatic heterocycles. The minimum absolute atomic E-state index is 0.0234. The molecule has 1 N–H and O–H groups in total. The standard InChI is InChI=1S/C11H18N2OS/c1-8-11(4-5-14-8)15-7-10(6-12)13-9-2-3-9/h8-11,13H,2-5,7H2,1H3. The van der Waals surface area contributed by atoms with Gasteiger partial charge in [-0.3, -0.25) is 5.32 Å². The van der Waals surface area contributed by atoms with Gasteiger partial charge in [-0.05, 0) is 26.2 Å². The van der Waals surface area contributed by atoms with Crippen molar-refractivity contribution in [2.24, 2.45) is 0 Å². The van der Waals surface area contributed by atoms with E-state index in [9.17, 15) is 0 Å². The Morgan fingerprint density at radius 2 is 2.33 bits per heavy atom. The van der Waals surface area contributed by atoms with Crippen molar-refractivity contribution in [3.63, 3.8) is 0 Å². The Morgan fingerprint density at radius 3 is 2.87 bits per heavy atom. The van der Waals surface area contributed by atoms with Gasteiger partial charge in [0.05, 0.1) is 12.2 Å². The Morgan fingerprint density at radius 1 is 1.53 bits per heavy atom. The fraction of sp³-hybridized carbons (Fsp3) is 0.909. The molecular weight excluding hydrogens is 208 g/mol. The molecule has 3 atom stereocenters. The van der Waals surface area contributed by atoms with Crippen LogP contribution in [0, 0.1) is 11.3 Å². The zero-order valence-electron chi connectivity index (χ0n) is 9.11. The van der Waals surface area contributed by atoms with Crippen molar-refractivity contribution in [3.05, 3.63) is 0 Å². The van der Waals surface area contributed by atoms with E-state index in [1.165, 1.54) is 12.8 Å². The van der Waals surface area contributed by atoms with Crippen LogP contribution in [0.25, 0.3) is 0 Å². The third kappa shape index (κ3) is 3.37. The molecule has 84 valence electrons. The Balaban J connectivity index is 1.68. The van der Waals surface area contributed by atoms with Crippen LogP contribution in [0.3, 0.4) is 0 Å². The monoisotopic (exact) mass is 226 g/mol. The van der Waals surface area contributed by atoms with Crippen LogP contribution in [0.1, 0.15) is 26.2 Å². The maximum absolute atomic E-state index is 8.99. The number of ether oxygens (including phenoxy) is 1. The summed E-state index contributed by atoms with van der Waals surface area (Å²) >= 11 is 1.88.